The molecule has 7 nitrogen and oxygen atoms in total. The molecule has 0 saturated heterocycles. The van der Waals surface area contributed by atoms with E-state index < -0.39 is 29.4 Å². The molecule has 4 aromatic rings. The molecule has 0 unspecified atom stereocenters. The number of anilines is 1. The average Bonchev–Trinajstić information content (AvgIpc) is 3.72. The average molecular weight is 579 g/mol. The first kappa shape index (κ1) is 28.9. The Morgan fingerprint density at radius 2 is 1.57 bits per heavy atom. The second kappa shape index (κ2) is 11.3. The number of carbonyl (C=O) groups is 2. The molecule has 1 aliphatic rings. The molecule has 0 radical (unpaired) electrons. The van der Waals surface area contributed by atoms with E-state index in [1.807, 2.05) is 48.5 Å². The summed E-state index contributed by atoms with van der Waals surface area (Å²) < 4.78 is 56.2. The minimum absolute atomic E-state index is 0.153. The Bertz CT molecular complexity index is 1590. The molecule has 3 aromatic carbocycles. The molecule has 218 valence electrons. The molecular weight excluding hydrogens is 549 g/mol. The summed E-state index contributed by atoms with van der Waals surface area (Å²) in [4.78, 5) is 25.1. The van der Waals surface area contributed by atoms with E-state index in [2.05, 4.69) is 10.5 Å². The lowest BCUT2D eigenvalue weighted by Gasteiger charge is -2.19. The van der Waals surface area contributed by atoms with Gasteiger partial charge >= 0.3 is 18.2 Å². The monoisotopic (exact) mass is 578 g/mol. The van der Waals surface area contributed by atoms with Crippen molar-refractivity contribution < 1.29 is 36.8 Å². The lowest BCUT2D eigenvalue weighted by atomic mass is 9.93. The van der Waals surface area contributed by atoms with Gasteiger partial charge in [-0.15, -0.1) is 0 Å². The minimum Gasteiger partial charge on any atom is -0.465 e. The van der Waals surface area contributed by atoms with Crippen LogP contribution < -0.4 is 5.32 Å². The Morgan fingerprint density at radius 1 is 0.976 bits per heavy atom. The molecule has 1 atom stereocenters. The van der Waals surface area contributed by atoms with Crippen LogP contribution in [0.5, 0.6) is 0 Å². The Morgan fingerprint density at radius 3 is 2.17 bits per heavy atom. The number of benzene rings is 3. The highest BCUT2D eigenvalue weighted by atomic mass is 19.4. The van der Waals surface area contributed by atoms with Crippen molar-refractivity contribution in [1.29, 1.82) is 0 Å². The molecule has 1 heterocycles. The lowest BCUT2D eigenvalue weighted by molar-refractivity contribution is -0.146. The third-order valence-electron chi connectivity index (χ3n) is 7.41. The first-order chi connectivity index (χ1) is 20.0. The quantitative estimate of drug-likeness (QED) is 0.212. The van der Waals surface area contributed by atoms with Gasteiger partial charge in [-0.05, 0) is 56.4 Å². The summed E-state index contributed by atoms with van der Waals surface area (Å²) in [7, 11) is 0. The van der Waals surface area contributed by atoms with Crippen molar-refractivity contribution >= 4 is 17.7 Å². The highest BCUT2D eigenvalue weighted by Gasteiger charge is 2.52. The van der Waals surface area contributed by atoms with Gasteiger partial charge in [-0.2, -0.15) is 13.2 Å². The van der Waals surface area contributed by atoms with Crippen LogP contribution in [0.1, 0.15) is 55.2 Å². The van der Waals surface area contributed by atoms with Crippen molar-refractivity contribution in [2.45, 2.75) is 51.3 Å². The van der Waals surface area contributed by atoms with Crippen LogP contribution in [0.4, 0.5) is 23.7 Å². The minimum atomic E-state index is -4.58. The van der Waals surface area contributed by atoms with Crippen LogP contribution in [0.2, 0.25) is 0 Å². The highest BCUT2D eigenvalue weighted by molar-refractivity contribution is 5.91. The van der Waals surface area contributed by atoms with E-state index >= 15 is 0 Å². The lowest BCUT2D eigenvalue weighted by Crippen LogP contribution is -2.23. The Labute approximate surface area is 240 Å². The second-order valence-electron chi connectivity index (χ2n) is 10.2. The maximum atomic E-state index is 13.4. The molecule has 1 saturated carbocycles. The van der Waals surface area contributed by atoms with Crippen LogP contribution >= 0.6 is 0 Å². The fourth-order valence-corrected chi connectivity index (χ4v) is 4.98. The molecule has 1 aliphatic carbocycles. The number of rotatable bonds is 8. The molecule has 1 aromatic heterocycles. The second-order valence-corrected chi connectivity index (χ2v) is 10.2. The number of nitrogens with one attached hydrogen (secondary N) is 1. The third kappa shape index (κ3) is 5.74. The Hall–Kier alpha value is -4.60. The van der Waals surface area contributed by atoms with Gasteiger partial charge in [0.15, 0.2) is 5.76 Å². The number of hydrogen-bond acceptors (Lipinski definition) is 6. The fourth-order valence-electron chi connectivity index (χ4n) is 4.98. The fraction of sp³-hybridized carbons (Fsp3) is 0.281. The van der Waals surface area contributed by atoms with Crippen LogP contribution in [-0.4, -0.2) is 23.8 Å². The zero-order valence-corrected chi connectivity index (χ0v) is 23.2. The number of amides is 1. The molecule has 0 spiro atoms. The number of ether oxygens (including phenoxy) is 2. The van der Waals surface area contributed by atoms with Crippen LogP contribution in [0, 0.1) is 6.92 Å². The van der Waals surface area contributed by atoms with Crippen molar-refractivity contribution in [3.63, 3.8) is 0 Å². The number of aromatic nitrogens is 1. The molecule has 42 heavy (non-hydrogen) atoms. The standard InChI is InChI=1S/C32H29F3N2O5/c1-4-40-29(38)31(17-18-31)24-15-13-22(14-16-24)21-9-11-23(12-10-21)28-27(19(2)37-42-28)36-30(39)41-20(3)25-7-5-6-8-26(25)32(33,34)35/h5-16,20H,4,17-18H2,1-3H3,(H,36,39)/t20-/m1/s1. The number of esters is 1. The van der Waals surface area contributed by atoms with Crippen molar-refractivity contribution in [1.82, 2.24) is 5.16 Å². The zero-order valence-electron chi connectivity index (χ0n) is 23.2. The predicted molar refractivity (Wildman–Crippen MR) is 150 cm³/mol. The van der Waals surface area contributed by atoms with Crippen molar-refractivity contribution in [2.24, 2.45) is 0 Å². The van der Waals surface area contributed by atoms with Gasteiger partial charge in [-0.25, -0.2) is 4.79 Å². The van der Waals surface area contributed by atoms with E-state index in [4.69, 9.17) is 14.0 Å². The van der Waals surface area contributed by atoms with Crippen molar-refractivity contribution in [3.05, 3.63) is 95.2 Å². The number of alkyl halides is 3. The van der Waals surface area contributed by atoms with E-state index in [0.717, 1.165) is 35.6 Å². The number of halogens is 3. The maximum Gasteiger partial charge on any atom is 0.416 e. The van der Waals surface area contributed by atoms with Crippen LogP contribution in [0.15, 0.2) is 77.3 Å². The van der Waals surface area contributed by atoms with Gasteiger partial charge in [0, 0.05) is 11.1 Å². The topological polar surface area (TPSA) is 90.7 Å². The number of aryl methyl sites for hydroxylation is 1. The molecule has 10 heteroatoms. The van der Waals surface area contributed by atoms with Crippen molar-refractivity contribution in [2.75, 3.05) is 11.9 Å². The molecular formula is C32H29F3N2O5. The van der Waals surface area contributed by atoms with Gasteiger partial charge in [-0.3, -0.25) is 10.1 Å². The first-order valence-electron chi connectivity index (χ1n) is 13.5. The summed E-state index contributed by atoms with van der Waals surface area (Å²) in [6.07, 6.45) is -5.14. The van der Waals surface area contributed by atoms with Gasteiger partial charge in [0.25, 0.3) is 0 Å². The molecule has 1 amide bonds. The normalized spacial score (nSPS) is 14.6. The maximum absolute atomic E-state index is 13.4. The summed E-state index contributed by atoms with van der Waals surface area (Å²) in [5, 5.41) is 6.51. The first-order valence-corrected chi connectivity index (χ1v) is 13.5. The van der Waals surface area contributed by atoms with Crippen molar-refractivity contribution in [3.8, 4) is 22.5 Å². The summed E-state index contributed by atoms with van der Waals surface area (Å²) in [6.45, 7) is 5.15. The number of carbonyl (C=O) groups excluding carboxylic acids is 2. The molecule has 0 bridgehead atoms. The van der Waals surface area contributed by atoms with E-state index in [9.17, 15) is 22.8 Å². The number of nitrogens with zero attached hydrogens (tertiary/aromatic N) is 1. The van der Waals surface area contributed by atoms with E-state index in [1.165, 1.54) is 25.1 Å². The van der Waals surface area contributed by atoms with Crippen LogP contribution in [0.3, 0.4) is 0 Å². The smallest absolute Gasteiger partial charge is 0.416 e. The molecule has 0 aliphatic heterocycles. The summed E-state index contributed by atoms with van der Waals surface area (Å²) in [5.74, 6) is 0.0955. The van der Waals surface area contributed by atoms with Gasteiger partial charge in [0.2, 0.25) is 0 Å². The third-order valence-corrected chi connectivity index (χ3v) is 7.41. The number of hydrogen-bond donors (Lipinski definition) is 1. The van der Waals surface area contributed by atoms with Gasteiger partial charge < -0.3 is 14.0 Å². The largest absolute Gasteiger partial charge is 0.465 e. The van der Waals surface area contributed by atoms with Gasteiger partial charge in [0.05, 0.1) is 17.6 Å². The Kier molecular flexibility index (Phi) is 7.81. The van der Waals surface area contributed by atoms with Gasteiger partial charge in [-0.1, -0.05) is 71.9 Å². The van der Waals surface area contributed by atoms with E-state index in [0.29, 0.717) is 17.9 Å². The summed E-state index contributed by atoms with van der Waals surface area (Å²) in [6, 6.07) is 20.2. The Balaban J connectivity index is 1.29. The van der Waals surface area contributed by atoms with Gasteiger partial charge in [0.1, 0.15) is 17.5 Å². The van der Waals surface area contributed by atoms with E-state index in [1.54, 1.807) is 13.8 Å². The zero-order chi connectivity index (χ0) is 30.1. The molecule has 1 fully saturated rings. The summed E-state index contributed by atoms with van der Waals surface area (Å²) >= 11 is 0. The molecule has 1 N–H and O–H groups in total. The van der Waals surface area contributed by atoms with Crippen LogP contribution in [-0.2, 0) is 25.9 Å². The predicted octanol–water partition coefficient (Wildman–Crippen LogP) is 8.24. The molecule has 5 rings (SSSR count). The SMILES string of the molecule is CCOC(=O)C1(c2ccc(-c3ccc(-c4onc(C)c4NC(=O)O[C@H](C)c4ccccc4C(F)(F)F)cc3)cc2)CC1. The highest BCUT2D eigenvalue weighted by Crippen LogP contribution is 2.49. The summed E-state index contributed by atoms with van der Waals surface area (Å²) in [5.41, 5.74) is 2.52. The van der Waals surface area contributed by atoms with Crippen LogP contribution in [0.25, 0.3) is 22.5 Å². The van der Waals surface area contributed by atoms with E-state index in [-0.39, 0.29) is 23.0 Å².